The average Bonchev–Trinajstić information content (AvgIpc) is 1.66. The molecule has 0 radical (unpaired) electrons. The molecule has 0 rings (SSSR count). The molecule has 0 aliphatic rings. The third kappa shape index (κ3) is 5.44. The second-order valence-electron chi connectivity index (χ2n) is 1.88. The summed E-state index contributed by atoms with van der Waals surface area (Å²) < 4.78 is 0. The molecule has 8 heavy (non-hydrogen) atoms. The average molecular weight is 111 g/mol. The highest BCUT2D eigenvalue weighted by Gasteiger charge is 1.84. The van der Waals surface area contributed by atoms with Crippen molar-refractivity contribution in [3.63, 3.8) is 0 Å². The zero-order valence-electron chi connectivity index (χ0n) is 5.30. The molecule has 0 aliphatic heterocycles. The van der Waals surface area contributed by atoms with Crippen LogP contribution in [0.2, 0.25) is 0 Å². The molecule has 0 aromatic carbocycles. The Hall–Kier alpha value is -0.560. The van der Waals surface area contributed by atoms with Crippen molar-refractivity contribution in [1.29, 1.82) is 0 Å². The summed E-state index contributed by atoms with van der Waals surface area (Å²) in [5.41, 5.74) is 5.45. The van der Waals surface area contributed by atoms with E-state index in [0.717, 1.165) is 6.42 Å². The second kappa shape index (κ2) is 4.60. The summed E-state index contributed by atoms with van der Waals surface area (Å²) in [6, 6.07) is 0.270. The van der Waals surface area contributed by atoms with Gasteiger partial charge in [0.05, 0.1) is 0 Å². The van der Waals surface area contributed by atoms with Crippen LogP contribution < -0.4 is 5.73 Å². The van der Waals surface area contributed by atoms with E-state index in [0.29, 0.717) is 0 Å². The normalized spacial score (nSPS) is 14.2. The Balaban J connectivity index is 3.15. The van der Waals surface area contributed by atoms with Crippen LogP contribution in [0.15, 0.2) is 24.8 Å². The van der Waals surface area contributed by atoms with Crippen molar-refractivity contribution >= 4 is 0 Å². The first kappa shape index (κ1) is 7.44. The Morgan fingerprint density at radius 1 is 1.75 bits per heavy atom. The molecule has 0 fully saturated rings. The largest absolute Gasteiger partial charge is 0.328 e. The van der Waals surface area contributed by atoms with E-state index in [9.17, 15) is 0 Å². The van der Waals surface area contributed by atoms with Crippen molar-refractivity contribution in [2.24, 2.45) is 5.73 Å². The molecule has 0 aromatic rings. The van der Waals surface area contributed by atoms with Crippen molar-refractivity contribution in [3.05, 3.63) is 24.8 Å². The number of allylic oxidation sites excluding steroid dienone is 2. The van der Waals surface area contributed by atoms with Gasteiger partial charge in [-0.25, -0.2) is 0 Å². The van der Waals surface area contributed by atoms with Crippen LogP contribution in [0.25, 0.3) is 0 Å². The first-order valence-electron chi connectivity index (χ1n) is 2.80. The van der Waals surface area contributed by atoms with Gasteiger partial charge in [0, 0.05) is 6.04 Å². The molecule has 0 saturated carbocycles. The maximum Gasteiger partial charge on any atom is 0.00451 e. The zero-order chi connectivity index (χ0) is 6.41. The number of hydrogen-bond donors (Lipinski definition) is 1. The van der Waals surface area contributed by atoms with Crippen LogP contribution in [-0.2, 0) is 0 Å². The summed E-state index contributed by atoms with van der Waals surface area (Å²) in [5.74, 6) is 0. The minimum absolute atomic E-state index is 0.270. The Morgan fingerprint density at radius 3 is 2.75 bits per heavy atom. The quantitative estimate of drug-likeness (QED) is 0.548. The molecular formula is C7H13N. The van der Waals surface area contributed by atoms with Crippen LogP contribution in [0.1, 0.15) is 13.3 Å². The lowest BCUT2D eigenvalue weighted by Crippen LogP contribution is -2.12. The lowest BCUT2D eigenvalue weighted by Gasteiger charge is -1.94. The van der Waals surface area contributed by atoms with Gasteiger partial charge in [-0.15, -0.1) is 0 Å². The first-order valence-corrected chi connectivity index (χ1v) is 2.80. The predicted molar refractivity (Wildman–Crippen MR) is 37.6 cm³/mol. The molecular weight excluding hydrogens is 98.1 g/mol. The maximum absolute atomic E-state index is 5.45. The Kier molecular flexibility index (Phi) is 4.27. The minimum atomic E-state index is 0.270. The SMILES string of the molecule is C=C/C=C\CC(C)N. The fourth-order valence-corrected chi connectivity index (χ4v) is 0.389. The van der Waals surface area contributed by atoms with Crippen molar-refractivity contribution in [3.8, 4) is 0 Å². The Morgan fingerprint density at radius 2 is 2.38 bits per heavy atom. The van der Waals surface area contributed by atoms with Gasteiger partial charge in [0.25, 0.3) is 0 Å². The number of hydrogen-bond acceptors (Lipinski definition) is 1. The second-order valence-corrected chi connectivity index (χ2v) is 1.88. The molecule has 0 aliphatic carbocycles. The van der Waals surface area contributed by atoms with Crippen LogP contribution in [0, 0.1) is 0 Å². The summed E-state index contributed by atoms with van der Waals surface area (Å²) in [6.07, 6.45) is 6.61. The van der Waals surface area contributed by atoms with Crippen molar-refractivity contribution < 1.29 is 0 Å². The number of rotatable bonds is 3. The summed E-state index contributed by atoms with van der Waals surface area (Å²) in [7, 11) is 0. The van der Waals surface area contributed by atoms with Crippen molar-refractivity contribution in [2.75, 3.05) is 0 Å². The lowest BCUT2D eigenvalue weighted by molar-refractivity contribution is 0.757. The summed E-state index contributed by atoms with van der Waals surface area (Å²) in [6.45, 7) is 5.51. The molecule has 46 valence electrons. The van der Waals surface area contributed by atoms with Gasteiger partial charge in [0.1, 0.15) is 0 Å². The molecule has 0 heterocycles. The predicted octanol–water partition coefficient (Wildman–Crippen LogP) is 1.47. The molecule has 0 spiro atoms. The highest BCUT2D eigenvalue weighted by atomic mass is 14.6. The summed E-state index contributed by atoms with van der Waals surface area (Å²) in [4.78, 5) is 0. The van der Waals surface area contributed by atoms with Crippen LogP contribution in [0.3, 0.4) is 0 Å². The van der Waals surface area contributed by atoms with Crippen LogP contribution in [-0.4, -0.2) is 6.04 Å². The third-order valence-corrected chi connectivity index (χ3v) is 0.780. The lowest BCUT2D eigenvalue weighted by atomic mass is 10.2. The Labute approximate surface area is 50.9 Å². The highest BCUT2D eigenvalue weighted by molar-refractivity contribution is 4.97. The molecule has 2 N–H and O–H groups in total. The first-order chi connectivity index (χ1) is 3.77. The fourth-order valence-electron chi connectivity index (χ4n) is 0.389. The van der Waals surface area contributed by atoms with E-state index >= 15 is 0 Å². The molecule has 0 saturated heterocycles. The van der Waals surface area contributed by atoms with E-state index in [1.807, 2.05) is 19.1 Å². The smallest absolute Gasteiger partial charge is 0.00451 e. The van der Waals surface area contributed by atoms with E-state index in [-0.39, 0.29) is 6.04 Å². The van der Waals surface area contributed by atoms with Gasteiger partial charge in [0.15, 0.2) is 0 Å². The van der Waals surface area contributed by atoms with Gasteiger partial charge < -0.3 is 5.73 Å². The minimum Gasteiger partial charge on any atom is -0.328 e. The van der Waals surface area contributed by atoms with Crippen molar-refractivity contribution in [1.82, 2.24) is 0 Å². The Bertz CT molecular complexity index is 82.4. The molecule has 1 heteroatoms. The monoisotopic (exact) mass is 111 g/mol. The van der Waals surface area contributed by atoms with E-state index in [1.165, 1.54) is 0 Å². The maximum atomic E-state index is 5.45. The van der Waals surface area contributed by atoms with E-state index in [2.05, 4.69) is 6.58 Å². The molecule has 0 amide bonds. The topological polar surface area (TPSA) is 26.0 Å². The van der Waals surface area contributed by atoms with E-state index < -0.39 is 0 Å². The van der Waals surface area contributed by atoms with Crippen LogP contribution in [0.5, 0.6) is 0 Å². The van der Waals surface area contributed by atoms with Gasteiger partial charge in [-0.3, -0.25) is 0 Å². The zero-order valence-corrected chi connectivity index (χ0v) is 5.30. The van der Waals surface area contributed by atoms with Crippen LogP contribution in [0.4, 0.5) is 0 Å². The van der Waals surface area contributed by atoms with Crippen molar-refractivity contribution in [2.45, 2.75) is 19.4 Å². The molecule has 0 aromatic heterocycles. The van der Waals surface area contributed by atoms with Gasteiger partial charge >= 0.3 is 0 Å². The molecule has 1 nitrogen and oxygen atoms in total. The fraction of sp³-hybridized carbons (Fsp3) is 0.429. The molecule has 1 unspecified atom stereocenters. The highest BCUT2D eigenvalue weighted by Crippen LogP contribution is 1.86. The van der Waals surface area contributed by atoms with E-state index in [4.69, 9.17) is 5.73 Å². The van der Waals surface area contributed by atoms with Gasteiger partial charge in [-0.05, 0) is 13.3 Å². The molecule has 1 atom stereocenters. The summed E-state index contributed by atoms with van der Waals surface area (Å²) in [5, 5.41) is 0. The van der Waals surface area contributed by atoms with Gasteiger partial charge in [0.2, 0.25) is 0 Å². The van der Waals surface area contributed by atoms with Gasteiger partial charge in [-0.2, -0.15) is 0 Å². The van der Waals surface area contributed by atoms with E-state index in [1.54, 1.807) is 6.08 Å². The standard InChI is InChI=1S/C7H13N/c1-3-4-5-6-7(2)8/h3-5,7H,1,6,8H2,2H3/b5-4-. The summed E-state index contributed by atoms with van der Waals surface area (Å²) >= 11 is 0. The third-order valence-electron chi connectivity index (χ3n) is 0.780. The number of nitrogens with two attached hydrogens (primary N) is 1. The van der Waals surface area contributed by atoms with Crippen LogP contribution >= 0.6 is 0 Å². The van der Waals surface area contributed by atoms with Gasteiger partial charge in [-0.1, -0.05) is 24.8 Å². The molecule has 0 bridgehead atoms.